The summed E-state index contributed by atoms with van der Waals surface area (Å²) >= 11 is 3.63. The molecule has 1 heterocycles. The number of benzene rings is 1. The van der Waals surface area contributed by atoms with Crippen molar-refractivity contribution in [1.29, 1.82) is 0 Å². The van der Waals surface area contributed by atoms with Crippen molar-refractivity contribution in [2.24, 2.45) is 0 Å². The van der Waals surface area contributed by atoms with Crippen LogP contribution >= 0.6 is 33.9 Å². The first-order valence-electron chi connectivity index (χ1n) is 7.40. The summed E-state index contributed by atoms with van der Waals surface area (Å²) < 4.78 is 5.81. The number of hydrogen-bond donors (Lipinski definition) is 1. The Morgan fingerprint density at radius 1 is 1.22 bits per heavy atom. The molecule has 1 aliphatic carbocycles. The number of halogens is 1. The maximum absolute atomic E-state index is 12.5. The Morgan fingerprint density at radius 2 is 1.96 bits per heavy atom. The van der Waals surface area contributed by atoms with Gasteiger partial charge in [-0.2, -0.15) is 0 Å². The number of methoxy groups -OCH3 is 1. The van der Waals surface area contributed by atoms with Crippen LogP contribution in [0, 0.1) is 3.57 Å². The van der Waals surface area contributed by atoms with Crippen LogP contribution in [0.2, 0.25) is 0 Å². The molecule has 4 nitrogen and oxygen atoms in total. The molecule has 1 aliphatic rings. The van der Waals surface area contributed by atoms with Gasteiger partial charge in [0.1, 0.15) is 5.00 Å². The number of aryl methyl sites for hydroxylation is 1. The van der Waals surface area contributed by atoms with E-state index in [1.165, 1.54) is 23.3 Å². The van der Waals surface area contributed by atoms with Crippen LogP contribution in [0.3, 0.4) is 0 Å². The molecule has 1 N–H and O–H groups in total. The van der Waals surface area contributed by atoms with E-state index in [-0.39, 0.29) is 11.9 Å². The fourth-order valence-electron chi connectivity index (χ4n) is 2.79. The zero-order chi connectivity index (χ0) is 16.4. The van der Waals surface area contributed by atoms with Gasteiger partial charge in [0.2, 0.25) is 0 Å². The van der Waals surface area contributed by atoms with Crippen molar-refractivity contribution >= 4 is 50.8 Å². The molecule has 0 atom stereocenters. The Bertz CT molecular complexity index is 769. The molecule has 0 unspecified atom stereocenters. The molecule has 120 valence electrons. The van der Waals surface area contributed by atoms with Crippen molar-refractivity contribution in [3.63, 3.8) is 0 Å². The highest BCUT2D eigenvalue weighted by Gasteiger charge is 2.27. The van der Waals surface area contributed by atoms with E-state index >= 15 is 0 Å². The summed E-state index contributed by atoms with van der Waals surface area (Å²) in [6.45, 7) is 0. The van der Waals surface area contributed by atoms with Crippen molar-refractivity contribution in [2.75, 3.05) is 12.4 Å². The highest BCUT2D eigenvalue weighted by atomic mass is 127. The summed E-state index contributed by atoms with van der Waals surface area (Å²) in [4.78, 5) is 25.9. The molecule has 0 saturated heterocycles. The second-order valence-corrected chi connectivity index (χ2v) is 7.61. The molecule has 0 fully saturated rings. The Labute approximate surface area is 152 Å². The third-order valence-corrected chi connectivity index (χ3v) is 6.05. The molecule has 2 aromatic rings. The minimum atomic E-state index is -0.373. The van der Waals surface area contributed by atoms with E-state index in [1.807, 2.05) is 18.2 Å². The quantitative estimate of drug-likeness (QED) is 0.572. The monoisotopic (exact) mass is 441 g/mol. The van der Waals surface area contributed by atoms with E-state index in [9.17, 15) is 9.59 Å². The van der Waals surface area contributed by atoms with Gasteiger partial charge < -0.3 is 10.1 Å². The molecule has 0 radical (unpaired) electrons. The fourth-order valence-corrected chi connectivity index (χ4v) is 4.69. The maximum Gasteiger partial charge on any atom is 0.341 e. The molecule has 1 amide bonds. The molecule has 6 heteroatoms. The first-order valence-corrected chi connectivity index (χ1v) is 9.30. The number of hydrogen-bond acceptors (Lipinski definition) is 4. The standard InChI is InChI=1S/C17H16INO3S/c1-22-17(21)14-11-7-3-5-9-13(11)23-16(14)19-15(20)10-6-2-4-8-12(10)18/h2,4,6,8H,3,5,7,9H2,1H3,(H,19,20). The minimum Gasteiger partial charge on any atom is -0.465 e. The van der Waals surface area contributed by atoms with E-state index < -0.39 is 0 Å². The molecular weight excluding hydrogens is 425 g/mol. The zero-order valence-electron chi connectivity index (χ0n) is 12.6. The minimum absolute atomic E-state index is 0.196. The highest BCUT2D eigenvalue weighted by molar-refractivity contribution is 14.1. The van der Waals surface area contributed by atoms with Gasteiger partial charge in [-0.3, -0.25) is 4.79 Å². The van der Waals surface area contributed by atoms with Crippen LogP contribution < -0.4 is 5.32 Å². The molecule has 23 heavy (non-hydrogen) atoms. The van der Waals surface area contributed by atoms with Crippen LogP contribution in [-0.2, 0) is 17.6 Å². The smallest absolute Gasteiger partial charge is 0.341 e. The first-order chi connectivity index (χ1) is 11.1. The Morgan fingerprint density at radius 3 is 2.70 bits per heavy atom. The highest BCUT2D eigenvalue weighted by Crippen LogP contribution is 2.38. The van der Waals surface area contributed by atoms with E-state index in [2.05, 4.69) is 27.9 Å². The number of esters is 1. The Hall–Kier alpha value is -1.41. The lowest BCUT2D eigenvalue weighted by atomic mass is 9.95. The SMILES string of the molecule is COC(=O)c1c(NC(=O)c2ccccc2I)sc2c1CCCC2. The maximum atomic E-state index is 12.5. The molecule has 1 aromatic heterocycles. The van der Waals surface area contributed by atoms with Gasteiger partial charge in [-0.25, -0.2) is 4.79 Å². The molecule has 3 rings (SSSR count). The van der Waals surface area contributed by atoms with Gasteiger partial charge in [0.05, 0.1) is 18.2 Å². The first kappa shape index (κ1) is 16.4. The van der Waals surface area contributed by atoms with Gasteiger partial charge in [-0.15, -0.1) is 11.3 Å². The predicted molar refractivity (Wildman–Crippen MR) is 99.4 cm³/mol. The summed E-state index contributed by atoms with van der Waals surface area (Å²) in [5, 5.41) is 3.52. The van der Waals surface area contributed by atoms with Gasteiger partial charge in [0.25, 0.3) is 5.91 Å². The average Bonchev–Trinajstić information content (AvgIpc) is 2.92. The van der Waals surface area contributed by atoms with Crippen molar-refractivity contribution < 1.29 is 14.3 Å². The van der Waals surface area contributed by atoms with Gasteiger partial charge in [-0.05, 0) is 66.0 Å². The van der Waals surface area contributed by atoms with Crippen LogP contribution in [0.25, 0.3) is 0 Å². The second-order valence-electron chi connectivity index (χ2n) is 5.34. The van der Waals surface area contributed by atoms with Gasteiger partial charge in [-0.1, -0.05) is 12.1 Å². The van der Waals surface area contributed by atoms with Crippen molar-refractivity contribution in [3.8, 4) is 0 Å². The number of amides is 1. The third-order valence-electron chi connectivity index (χ3n) is 3.91. The predicted octanol–water partition coefficient (Wildman–Crippen LogP) is 4.27. The van der Waals surface area contributed by atoms with Crippen LogP contribution in [-0.4, -0.2) is 19.0 Å². The number of rotatable bonds is 3. The van der Waals surface area contributed by atoms with Gasteiger partial charge in [0, 0.05) is 8.45 Å². The number of nitrogens with one attached hydrogen (secondary N) is 1. The molecular formula is C17H16INO3S. The number of anilines is 1. The fraction of sp³-hybridized carbons (Fsp3) is 0.294. The molecule has 0 bridgehead atoms. The number of fused-ring (bicyclic) bond motifs is 1. The Kier molecular flexibility index (Phi) is 5.01. The van der Waals surface area contributed by atoms with Gasteiger partial charge >= 0.3 is 5.97 Å². The lowest BCUT2D eigenvalue weighted by Gasteiger charge is -2.11. The molecule has 0 spiro atoms. The topological polar surface area (TPSA) is 55.4 Å². The number of carbonyl (C=O) groups excluding carboxylic acids is 2. The van der Waals surface area contributed by atoms with Gasteiger partial charge in [0.15, 0.2) is 0 Å². The second kappa shape index (κ2) is 7.00. The van der Waals surface area contributed by atoms with E-state index in [0.29, 0.717) is 16.1 Å². The van der Waals surface area contributed by atoms with E-state index in [1.54, 1.807) is 6.07 Å². The Balaban J connectivity index is 1.96. The van der Waals surface area contributed by atoms with Crippen LogP contribution in [0.4, 0.5) is 5.00 Å². The van der Waals surface area contributed by atoms with E-state index in [0.717, 1.165) is 34.8 Å². The van der Waals surface area contributed by atoms with Crippen molar-refractivity contribution in [2.45, 2.75) is 25.7 Å². The largest absolute Gasteiger partial charge is 0.465 e. The van der Waals surface area contributed by atoms with Crippen LogP contribution in [0.1, 0.15) is 44.0 Å². The normalized spacial score (nSPS) is 13.3. The number of thiophene rings is 1. The van der Waals surface area contributed by atoms with Crippen LogP contribution in [0.5, 0.6) is 0 Å². The summed E-state index contributed by atoms with van der Waals surface area (Å²) in [6.07, 6.45) is 4.02. The average molecular weight is 441 g/mol. The molecule has 0 saturated carbocycles. The lowest BCUT2D eigenvalue weighted by Crippen LogP contribution is -2.16. The molecule has 1 aromatic carbocycles. The third kappa shape index (κ3) is 3.28. The number of ether oxygens (including phenoxy) is 1. The zero-order valence-corrected chi connectivity index (χ0v) is 15.6. The molecule has 0 aliphatic heterocycles. The van der Waals surface area contributed by atoms with Crippen molar-refractivity contribution in [1.82, 2.24) is 0 Å². The van der Waals surface area contributed by atoms with Crippen molar-refractivity contribution in [3.05, 3.63) is 49.4 Å². The summed E-state index contributed by atoms with van der Waals surface area (Å²) in [7, 11) is 1.38. The number of carbonyl (C=O) groups is 2. The summed E-state index contributed by atoms with van der Waals surface area (Å²) in [6, 6.07) is 7.39. The summed E-state index contributed by atoms with van der Waals surface area (Å²) in [5.74, 6) is -0.568. The van der Waals surface area contributed by atoms with Crippen LogP contribution in [0.15, 0.2) is 24.3 Å². The lowest BCUT2D eigenvalue weighted by molar-refractivity contribution is 0.0601. The summed E-state index contributed by atoms with van der Waals surface area (Å²) in [5.41, 5.74) is 2.19. The van der Waals surface area contributed by atoms with E-state index in [4.69, 9.17) is 4.74 Å².